The van der Waals surface area contributed by atoms with Crippen molar-refractivity contribution in [2.24, 2.45) is 5.92 Å². The lowest BCUT2D eigenvalue weighted by molar-refractivity contribution is -0.120. The minimum Gasteiger partial charge on any atom is -0.493 e. The molecule has 0 saturated carbocycles. The maximum atomic E-state index is 13.1. The molecule has 0 spiro atoms. The van der Waals surface area contributed by atoms with Gasteiger partial charge in [-0.1, -0.05) is 23.2 Å². The van der Waals surface area contributed by atoms with Crippen molar-refractivity contribution in [1.29, 1.82) is 0 Å². The molecule has 7 nitrogen and oxygen atoms in total. The molecule has 3 rings (SSSR count). The van der Waals surface area contributed by atoms with E-state index in [1.807, 2.05) is 0 Å². The third-order valence-corrected chi connectivity index (χ3v) is 7.36. The van der Waals surface area contributed by atoms with Crippen molar-refractivity contribution in [3.05, 3.63) is 46.4 Å². The molecular weight excluding hydrogens is 451 g/mol. The van der Waals surface area contributed by atoms with Gasteiger partial charge in [0.05, 0.1) is 35.7 Å². The van der Waals surface area contributed by atoms with Crippen LogP contribution in [0.5, 0.6) is 11.5 Å². The van der Waals surface area contributed by atoms with E-state index in [1.165, 1.54) is 30.7 Å². The molecule has 0 radical (unpaired) electrons. The van der Waals surface area contributed by atoms with Crippen LogP contribution in [0.4, 0.5) is 5.69 Å². The van der Waals surface area contributed by atoms with Crippen LogP contribution in [0.3, 0.4) is 0 Å². The second kappa shape index (κ2) is 9.43. The van der Waals surface area contributed by atoms with Crippen LogP contribution in [0.2, 0.25) is 10.0 Å². The summed E-state index contributed by atoms with van der Waals surface area (Å²) in [7, 11) is -0.884. The van der Waals surface area contributed by atoms with Gasteiger partial charge in [0, 0.05) is 24.2 Å². The van der Waals surface area contributed by atoms with Crippen LogP contribution < -0.4 is 14.8 Å². The van der Waals surface area contributed by atoms with Gasteiger partial charge in [0.25, 0.3) is 0 Å². The first-order chi connectivity index (χ1) is 14.3. The molecule has 1 N–H and O–H groups in total. The molecule has 2 aromatic rings. The molecule has 1 saturated heterocycles. The van der Waals surface area contributed by atoms with E-state index in [-0.39, 0.29) is 17.3 Å². The predicted molar refractivity (Wildman–Crippen MR) is 116 cm³/mol. The standard InChI is InChI=1S/C20H22Cl2N2O5S/c1-28-18-8-6-15(11-19(18)29-2)30(26,27)24-9-3-4-13(12-24)20(25)23-17-10-14(21)5-7-16(17)22/h5-8,10-11,13H,3-4,9,12H2,1-2H3,(H,23,25)/t13-/m1/s1. The SMILES string of the molecule is COc1ccc(S(=O)(=O)N2CCC[C@@H](C(=O)Nc3cc(Cl)ccc3Cl)C2)cc1OC. The van der Waals surface area contributed by atoms with Crippen LogP contribution in [0, 0.1) is 5.92 Å². The highest BCUT2D eigenvalue weighted by molar-refractivity contribution is 7.89. The maximum Gasteiger partial charge on any atom is 0.243 e. The number of nitrogens with zero attached hydrogens (tertiary/aromatic N) is 1. The van der Waals surface area contributed by atoms with E-state index in [0.29, 0.717) is 46.6 Å². The van der Waals surface area contributed by atoms with E-state index in [1.54, 1.807) is 24.3 Å². The first-order valence-electron chi connectivity index (χ1n) is 9.24. The summed E-state index contributed by atoms with van der Waals surface area (Å²) in [6.45, 7) is 0.402. The maximum absolute atomic E-state index is 13.1. The van der Waals surface area contributed by atoms with Gasteiger partial charge >= 0.3 is 0 Å². The summed E-state index contributed by atoms with van der Waals surface area (Å²) < 4.78 is 38.0. The van der Waals surface area contributed by atoms with E-state index in [0.717, 1.165) is 0 Å². The van der Waals surface area contributed by atoms with E-state index < -0.39 is 15.9 Å². The van der Waals surface area contributed by atoms with E-state index in [2.05, 4.69) is 5.32 Å². The molecule has 1 amide bonds. The largest absolute Gasteiger partial charge is 0.493 e. The van der Waals surface area contributed by atoms with Crippen molar-refractivity contribution in [1.82, 2.24) is 4.31 Å². The predicted octanol–water partition coefficient (Wildman–Crippen LogP) is 4.05. The van der Waals surface area contributed by atoms with Gasteiger partial charge in [-0.3, -0.25) is 4.79 Å². The lowest BCUT2D eigenvalue weighted by Gasteiger charge is -2.31. The zero-order valence-corrected chi connectivity index (χ0v) is 18.9. The summed E-state index contributed by atoms with van der Waals surface area (Å²) >= 11 is 12.1. The number of anilines is 1. The summed E-state index contributed by atoms with van der Waals surface area (Å²) in [5.41, 5.74) is 0.397. The van der Waals surface area contributed by atoms with Crippen LogP contribution in [0.15, 0.2) is 41.3 Å². The van der Waals surface area contributed by atoms with Gasteiger partial charge in [-0.05, 0) is 43.2 Å². The Morgan fingerprint density at radius 2 is 1.83 bits per heavy atom. The minimum absolute atomic E-state index is 0.0701. The van der Waals surface area contributed by atoms with Crippen LogP contribution in [0.25, 0.3) is 0 Å². The molecule has 1 fully saturated rings. The van der Waals surface area contributed by atoms with Gasteiger partial charge in [0.2, 0.25) is 15.9 Å². The number of amides is 1. The number of piperidine rings is 1. The van der Waals surface area contributed by atoms with Crippen LogP contribution in [0.1, 0.15) is 12.8 Å². The second-order valence-corrected chi connectivity index (χ2v) is 9.61. The highest BCUT2D eigenvalue weighted by atomic mass is 35.5. The molecule has 0 aromatic heterocycles. The number of carbonyl (C=O) groups is 1. The van der Waals surface area contributed by atoms with Crippen LogP contribution in [-0.2, 0) is 14.8 Å². The zero-order valence-electron chi connectivity index (χ0n) is 16.5. The molecule has 30 heavy (non-hydrogen) atoms. The highest BCUT2D eigenvalue weighted by Crippen LogP contribution is 2.32. The Hall–Kier alpha value is -2.00. The quantitative estimate of drug-likeness (QED) is 0.685. The number of ether oxygens (including phenoxy) is 2. The van der Waals surface area contributed by atoms with E-state index >= 15 is 0 Å². The first kappa shape index (κ1) is 22.7. The van der Waals surface area contributed by atoms with Crippen molar-refractivity contribution < 1.29 is 22.7 Å². The average molecular weight is 473 g/mol. The number of halogens is 2. The number of rotatable bonds is 6. The Balaban J connectivity index is 1.78. The summed E-state index contributed by atoms with van der Waals surface area (Å²) in [6.07, 6.45) is 1.13. The van der Waals surface area contributed by atoms with Gasteiger partial charge in [0.1, 0.15) is 0 Å². The fourth-order valence-corrected chi connectivity index (χ4v) is 5.21. The van der Waals surface area contributed by atoms with Crippen molar-refractivity contribution in [2.75, 3.05) is 32.6 Å². The van der Waals surface area contributed by atoms with Gasteiger partial charge in [-0.15, -0.1) is 0 Å². The summed E-state index contributed by atoms with van der Waals surface area (Å²) in [5, 5.41) is 3.55. The summed E-state index contributed by atoms with van der Waals surface area (Å²) in [5.74, 6) is -0.0543. The van der Waals surface area contributed by atoms with Crippen LogP contribution in [-0.4, -0.2) is 45.9 Å². The molecule has 0 aliphatic carbocycles. The van der Waals surface area contributed by atoms with Crippen molar-refractivity contribution in [2.45, 2.75) is 17.7 Å². The van der Waals surface area contributed by atoms with Gasteiger partial charge < -0.3 is 14.8 Å². The van der Waals surface area contributed by atoms with Crippen molar-refractivity contribution in [3.63, 3.8) is 0 Å². The third kappa shape index (κ3) is 4.83. The minimum atomic E-state index is -3.80. The first-order valence-corrected chi connectivity index (χ1v) is 11.4. The fraction of sp³-hybridized carbons (Fsp3) is 0.350. The van der Waals surface area contributed by atoms with Gasteiger partial charge in [-0.25, -0.2) is 8.42 Å². The Bertz CT molecular complexity index is 1050. The van der Waals surface area contributed by atoms with Gasteiger partial charge in [0.15, 0.2) is 11.5 Å². The smallest absolute Gasteiger partial charge is 0.243 e. The van der Waals surface area contributed by atoms with Gasteiger partial charge in [-0.2, -0.15) is 4.31 Å². The molecule has 1 aliphatic heterocycles. The molecule has 1 aliphatic rings. The molecule has 1 heterocycles. The number of benzene rings is 2. The highest BCUT2D eigenvalue weighted by Gasteiger charge is 2.34. The fourth-order valence-electron chi connectivity index (χ4n) is 3.33. The Labute approximate surface area is 185 Å². The average Bonchev–Trinajstić information content (AvgIpc) is 2.75. The molecule has 2 aromatic carbocycles. The van der Waals surface area contributed by atoms with Crippen molar-refractivity contribution >= 4 is 44.8 Å². The van der Waals surface area contributed by atoms with E-state index in [9.17, 15) is 13.2 Å². The number of nitrogens with one attached hydrogen (secondary N) is 1. The number of methoxy groups -OCH3 is 2. The molecule has 1 atom stereocenters. The lowest BCUT2D eigenvalue weighted by Crippen LogP contribution is -2.43. The zero-order chi connectivity index (χ0) is 21.9. The Kier molecular flexibility index (Phi) is 7.13. The molecule has 0 bridgehead atoms. The molecule has 10 heteroatoms. The molecule has 0 unspecified atom stereocenters. The topological polar surface area (TPSA) is 84.9 Å². The number of sulfonamides is 1. The number of carbonyl (C=O) groups excluding carboxylic acids is 1. The third-order valence-electron chi connectivity index (χ3n) is 4.93. The summed E-state index contributed by atoms with van der Waals surface area (Å²) in [4.78, 5) is 12.8. The monoisotopic (exact) mass is 472 g/mol. The lowest BCUT2D eigenvalue weighted by atomic mass is 9.99. The number of hydrogen-bond donors (Lipinski definition) is 1. The normalized spacial score (nSPS) is 17.4. The molecular formula is C20H22Cl2N2O5S. The second-order valence-electron chi connectivity index (χ2n) is 6.83. The Morgan fingerprint density at radius 1 is 1.10 bits per heavy atom. The number of hydrogen-bond acceptors (Lipinski definition) is 5. The van der Waals surface area contributed by atoms with Crippen LogP contribution >= 0.6 is 23.2 Å². The molecule has 162 valence electrons. The summed E-state index contributed by atoms with van der Waals surface area (Å²) in [6, 6.07) is 9.20. The van der Waals surface area contributed by atoms with Crippen molar-refractivity contribution in [3.8, 4) is 11.5 Å². The van der Waals surface area contributed by atoms with E-state index in [4.69, 9.17) is 32.7 Å². The Morgan fingerprint density at radius 3 is 2.53 bits per heavy atom.